The average Bonchev–Trinajstić information content (AvgIpc) is 3.91. The van der Waals surface area contributed by atoms with Crippen LogP contribution in [-0.4, -0.2) is 77.8 Å². The predicted octanol–water partition coefficient (Wildman–Crippen LogP) is 7.28. The molecule has 0 radical (unpaired) electrons. The van der Waals surface area contributed by atoms with Crippen LogP contribution in [0.2, 0.25) is 0 Å². The highest BCUT2D eigenvalue weighted by Gasteiger charge is 2.64. The second-order valence-corrected chi connectivity index (χ2v) is 22.8. The zero-order valence-corrected chi connectivity index (χ0v) is 36.7. The Hall–Kier alpha value is -2.51. The molecule has 1 aliphatic heterocycles. The number of hydrogen-bond acceptors (Lipinski definition) is 12. The SMILES string of the molecule is CCC(CC(CC(SC(=S)n1nc(C)cc1C)C(=O)OC1C2CC3CC1CC(O)(C3)C2)C(=O)OC1(CC)C2CC3CC(C2)CC1C3)C(=O)OC1C2CC3C(=O)OC1C3C2. The van der Waals surface area contributed by atoms with Gasteiger partial charge in [0.05, 0.1) is 29.0 Å². The lowest BCUT2D eigenvalue weighted by Crippen LogP contribution is -2.59. The zero-order valence-electron chi connectivity index (χ0n) is 35.1. The maximum Gasteiger partial charge on any atom is 0.319 e. The summed E-state index contributed by atoms with van der Waals surface area (Å²) in [5.74, 6) is 0.0152. The van der Waals surface area contributed by atoms with Crippen molar-refractivity contribution in [2.24, 2.45) is 71.0 Å². The molecule has 10 bridgehead atoms. The molecule has 0 aromatic carbocycles. The molecule has 1 N–H and O–H groups in total. The molecule has 0 amide bonds. The van der Waals surface area contributed by atoms with Crippen LogP contribution >= 0.6 is 24.0 Å². The van der Waals surface area contributed by atoms with E-state index in [2.05, 4.69) is 12.0 Å². The lowest BCUT2D eigenvalue weighted by molar-refractivity contribution is -0.215. The lowest BCUT2D eigenvalue weighted by Gasteiger charge is -2.60. The van der Waals surface area contributed by atoms with Gasteiger partial charge in [-0.05, 0) is 164 Å². The number of esters is 4. The molecule has 1 aromatic rings. The highest BCUT2D eigenvalue weighted by Crippen LogP contribution is 2.61. The highest BCUT2D eigenvalue weighted by atomic mass is 32.2. The number of aryl methyl sites for hydroxylation is 2. The Balaban J connectivity index is 0.933. The molecular weight excluding hydrogens is 789 g/mol. The molecule has 0 spiro atoms. The second kappa shape index (κ2) is 15.1. The first-order valence-electron chi connectivity index (χ1n) is 23.0. The minimum atomic E-state index is -0.866. The van der Waals surface area contributed by atoms with Crippen LogP contribution in [0.25, 0.3) is 0 Å². The minimum absolute atomic E-state index is 0.0800. The Morgan fingerprint density at radius 1 is 0.864 bits per heavy atom. The van der Waals surface area contributed by atoms with Crippen LogP contribution in [0.4, 0.5) is 0 Å². The first kappa shape index (κ1) is 40.6. The minimum Gasteiger partial charge on any atom is -0.461 e. The summed E-state index contributed by atoms with van der Waals surface area (Å²) in [6.45, 7) is 7.91. The van der Waals surface area contributed by atoms with Gasteiger partial charge in [0.15, 0.2) is 4.32 Å². The van der Waals surface area contributed by atoms with Crippen molar-refractivity contribution in [2.75, 3.05) is 0 Å². The Bertz CT molecular complexity index is 1850. The zero-order chi connectivity index (χ0) is 41.1. The number of thiocarbonyl (C=S) groups is 1. The van der Waals surface area contributed by atoms with E-state index in [4.69, 9.17) is 31.2 Å². The van der Waals surface area contributed by atoms with Crippen molar-refractivity contribution < 1.29 is 43.2 Å². The summed E-state index contributed by atoms with van der Waals surface area (Å²) < 4.78 is 27.5. The molecule has 2 heterocycles. The number of nitrogens with zero attached hydrogens (tertiary/aromatic N) is 2. The van der Waals surface area contributed by atoms with Crippen LogP contribution in [-0.2, 0) is 38.1 Å². The van der Waals surface area contributed by atoms with E-state index in [1.54, 1.807) is 4.68 Å². The van der Waals surface area contributed by atoms with Gasteiger partial charge in [-0.1, -0.05) is 37.8 Å². The van der Waals surface area contributed by atoms with E-state index in [1.165, 1.54) is 18.2 Å². The Kier molecular flexibility index (Phi) is 10.4. The quantitative estimate of drug-likeness (QED) is 0.121. The lowest BCUT2D eigenvalue weighted by atomic mass is 9.49. The van der Waals surface area contributed by atoms with Crippen molar-refractivity contribution in [2.45, 2.75) is 165 Å². The van der Waals surface area contributed by atoms with E-state index in [1.807, 2.05) is 26.8 Å². The van der Waals surface area contributed by atoms with Crippen molar-refractivity contribution in [3.8, 4) is 0 Å². The molecular formula is C46H62N2O9S2. The standard InChI is InChI=1S/C46H62N2O9S2/c1-5-27(40(49)55-38-28-16-34-35(17-28)42(51)56-39(34)38)15-29(41(50)57-46(6-2)32-11-24-8-25(13-32)14-33(46)12-24)18-36(59-44(58)48-23(4)7-22(3)47-48)43(52)54-37-30-9-26-10-31(37)21-45(53,19-26)20-30/h7,24-39,53H,5-6,8-21H2,1-4H3. The molecule has 13 heteroatoms. The van der Waals surface area contributed by atoms with Gasteiger partial charge in [-0.25, -0.2) is 4.68 Å². The molecule has 1 saturated heterocycles. The number of hydrogen-bond donors (Lipinski definition) is 1. The molecule has 10 aliphatic carbocycles. The van der Waals surface area contributed by atoms with Crippen LogP contribution < -0.4 is 0 Å². The first-order valence-corrected chi connectivity index (χ1v) is 24.3. The number of thioether (sulfide) groups is 1. The van der Waals surface area contributed by atoms with E-state index in [-0.39, 0.29) is 60.5 Å². The van der Waals surface area contributed by atoms with Crippen LogP contribution in [0, 0.1) is 84.9 Å². The smallest absolute Gasteiger partial charge is 0.319 e. The van der Waals surface area contributed by atoms with E-state index < -0.39 is 52.4 Å². The van der Waals surface area contributed by atoms with E-state index in [9.17, 15) is 19.5 Å². The number of ether oxygens (including phenoxy) is 4. The summed E-state index contributed by atoms with van der Waals surface area (Å²) in [6.07, 6.45) is 11.4. The number of carbonyl (C=O) groups is 4. The van der Waals surface area contributed by atoms with Gasteiger partial charge in [0, 0.05) is 17.5 Å². The van der Waals surface area contributed by atoms with Gasteiger partial charge in [-0.15, -0.1) is 0 Å². The summed E-state index contributed by atoms with van der Waals surface area (Å²) in [5.41, 5.74) is 0.425. The topological polar surface area (TPSA) is 143 Å². The van der Waals surface area contributed by atoms with Crippen molar-refractivity contribution >= 4 is 52.2 Å². The summed E-state index contributed by atoms with van der Waals surface area (Å²) in [4.78, 5) is 56.6. The number of aliphatic hydroxyl groups is 1. The molecule has 11 fully saturated rings. The predicted molar refractivity (Wildman–Crippen MR) is 222 cm³/mol. The van der Waals surface area contributed by atoms with Gasteiger partial charge in [-0.3, -0.25) is 19.2 Å². The van der Waals surface area contributed by atoms with Crippen molar-refractivity contribution in [3.05, 3.63) is 17.5 Å². The first-order chi connectivity index (χ1) is 28.2. The maximum atomic E-state index is 15.1. The monoisotopic (exact) mass is 850 g/mol. The van der Waals surface area contributed by atoms with Gasteiger partial charge in [0.2, 0.25) is 0 Å². The van der Waals surface area contributed by atoms with Crippen molar-refractivity contribution in [1.82, 2.24) is 9.78 Å². The van der Waals surface area contributed by atoms with Crippen LogP contribution in [0.15, 0.2) is 6.07 Å². The molecule has 1 aromatic heterocycles. The van der Waals surface area contributed by atoms with Gasteiger partial charge in [0.1, 0.15) is 29.2 Å². The molecule has 10 saturated carbocycles. The Morgan fingerprint density at radius 2 is 1.54 bits per heavy atom. The third kappa shape index (κ3) is 7.01. The molecule has 10 unspecified atom stereocenters. The average molecular weight is 851 g/mol. The molecule has 10 atom stereocenters. The molecule has 11 aliphatic rings. The van der Waals surface area contributed by atoms with E-state index in [0.29, 0.717) is 59.6 Å². The molecule has 59 heavy (non-hydrogen) atoms. The van der Waals surface area contributed by atoms with Crippen LogP contribution in [0.5, 0.6) is 0 Å². The number of rotatable bonds is 13. The van der Waals surface area contributed by atoms with E-state index in [0.717, 1.165) is 69.2 Å². The largest absolute Gasteiger partial charge is 0.461 e. The Labute approximate surface area is 357 Å². The fraction of sp³-hybridized carbons (Fsp3) is 0.826. The second-order valence-electron chi connectivity index (χ2n) is 20.9. The van der Waals surface area contributed by atoms with Crippen LogP contribution in [0.1, 0.15) is 128 Å². The Morgan fingerprint density at radius 3 is 2.15 bits per heavy atom. The number of fused-ring (bicyclic) bond motifs is 1. The molecule has 12 rings (SSSR count). The third-order valence-electron chi connectivity index (χ3n) is 17.4. The van der Waals surface area contributed by atoms with Crippen molar-refractivity contribution in [3.63, 3.8) is 0 Å². The summed E-state index contributed by atoms with van der Waals surface area (Å²) in [5, 5.41) is 15.1. The van der Waals surface area contributed by atoms with Gasteiger partial charge < -0.3 is 24.1 Å². The normalized spacial score (nSPS) is 43.1. The van der Waals surface area contributed by atoms with Crippen molar-refractivity contribution in [1.29, 1.82) is 0 Å². The summed E-state index contributed by atoms with van der Waals surface area (Å²) in [6, 6.07) is 1.94. The third-order valence-corrected chi connectivity index (χ3v) is 18.9. The number of aromatic nitrogens is 2. The van der Waals surface area contributed by atoms with Crippen LogP contribution in [0.3, 0.4) is 0 Å². The molecule has 11 nitrogen and oxygen atoms in total. The van der Waals surface area contributed by atoms with E-state index >= 15 is 4.79 Å². The maximum absolute atomic E-state index is 15.1. The summed E-state index contributed by atoms with van der Waals surface area (Å²) >= 11 is 7.18. The highest BCUT2D eigenvalue weighted by molar-refractivity contribution is 8.23. The summed E-state index contributed by atoms with van der Waals surface area (Å²) in [7, 11) is 0. The number of carbonyl (C=O) groups excluding carboxylic acids is 4. The fourth-order valence-electron chi connectivity index (χ4n) is 15.2. The fourth-order valence-corrected chi connectivity index (χ4v) is 16.7. The van der Waals surface area contributed by atoms with Gasteiger partial charge >= 0.3 is 23.9 Å². The van der Waals surface area contributed by atoms with Gasteiger partial charge in [-0.2, -0.15) is 5.10 Å². The van der Waals surface area contributed by atoms with Gasteiger partial charge in [0.25, 0.3) is 0 Å². The molecule has 322 valence electrons.